The van der Waals surface area contributed by atoms with Gasteiger partial charge in [-0.25, -0.2) is 4.98 Å². The zero-order valence-corrected chi connectivity index (χ0v) is 7.69. The minimum Gasteiger partial charge on any atom is -0.258 e. The lowest BCUT2D eigenvalue weighted by molar-refractivity contribution is -0.384. The quantitative estimate of drug-likeness (QED) is 0.421. The van der Waals surface area contributed by atoms with Crippen LogP contribution in [0.15, 0.2) is 6.07 Å². The normalized spacial score (nSPS) is 9.92. The summed E-state index contributed by atoms with van der Waals surface area (Å²) >= 11 is 16.3. The van der Waals surface area contributed by atoms with E-state index in [0.29, 0.717) is 0 Å². The third kappa shape index (κ3) is 1.77. The molecule has 0 N–H and O–H groups in total. The van der Waals surface area contributed by atoms with Gasteiger partial charge >= 0.3 is 0 Å². The molecule has 0 spiro atoms. The van der Waals surface area contributed by atoms with Gasteiger partial charge in [0.15, 0.2) is 10.2 Å². The summed E-state index contributed by atoms with van der Waals surface area (Å²) in [5.41, 5.74) is -0.346. The van der Waals surface area contributed by atoms with Crippen molar-refractivity contribution in [2.45, 2.75) is 0 Å². The van der Waals surface area contributed by atoms with Crippen LogP contribution in [0.3, 0.4) is 0 Å². The van der Waals surface area contributed by atoms with Crippen LogP contribution < -0.4 is 0 Å². The Morgan fingerprint density at radius 2 is 2.00 bits per heavy atom. The van der Waals surface area contributed by atoms with Crippen molar-refractivity contribution in [2.75, 3.05) is 0 Å². The number of rotatable bonds is 1. The van der Waals surface area contributed by atoms with E-state index in [1.807, 2.05) is 0 Å². The molecule has 0 aliphatic rings. The lowest BCUT2D eigenvalue weighted by atomic mass is 10.4. The van der Waals surface area contributed by atoms with Gasteiger partial charge in [-0.05, 0) is 0 Å². The summed E-state index contributed by atoms with van der Waals surface area (Å²) in [4.78, 5) is 13.1. The standard InChI is InChI=1S/C5HCl3N2O2/c6-3-1-2(10(11)12)4(7)5(8)9-3/h1H. The lowest BCUT2D eigenvalue weighted by Crippen LogP contribution is -1.91. The molecule has 1 heterocycles. The molecule has 0 bridgehead atoms. The van der Waals surface area contributed by atoms with Crippen molar-refractivity contribution < 1.29 is 4.92 Å². The molecule has 0 saturated heterocycles. The van der Waals surface area contributed by atoms with Crippen LogP contribution in [0, 0.1) is 10.1 Å². The van der Waals surface area contributed by atoms with E-state index in [1.54, 1.807) is 0 Å². The van der Waals surface area contributed by atoms with Gasteiger partial charge in [0.1, 0.15) is 5.15 Å². The molecule has 0 aliphatic carbocycles. The molecule has 1 aromatic rings. The fourth-order valence-corrected chi connectivity index (χ4v) is 1.17. The molecule has 0 aliphatic heterocycles. The minimum atomic E-state index is -0.679. The van der Waals surface area contributed by atoms with Crippen molar-refractivity contribution in [3.05, 3.63) is 31.5 Å². The smallest absolute Gasteiger partial charge is 0.258 e. The molecule has 7 heteroatoms. The van der Waals surface area contributed by atoms with Gasteiger partial charge in [0.05, 0.1) is 11.0 Å². The first-order chi connectivity index (χ1) is 5.52. The SMILES string of the molecule is O=[N+]([O-])c1cc(Cl)nc(Cl)c1Cl. The van der Waals surface area contributed by atoms with E-state index in [2.05, 4.69) is 4.98 Å². The summed E-state index contributed by atoms with van der Waals surface area (Å²) in [6, 6.07) is 1.04. The van der Waals surface area contributed by atoms with Crippen LogP contribution in [0.5, 0.6) is 0 Å². The first-order valence-electron chi connectivity index (χ1n) is 2.68. The van der Waals surface area contributed by atoms with Crippen molar-refractivity contribution in [3.63, 3.8) is 0 Å². The molecular formula is C5HCl3N2O2. The second-order valence-corrected chi connectivity index (χ2v) is 2.95. The zero-order chi connectivity index (χ0) is 9.30. The molecule has 64 valence electrons. The third-order valence-electron chi connectivity index (χ3n) is 1.06. The molecule has 1 rings (SSSR count). The molecule has 0 unspecified atom stereocenters. The van der Waals surface area contributed by atoms with Crippen molar-refractivity contribution in [3.8, 4) is 0 Å². The highest BCUT2D eigenvalue weighted by Crippen LogP contribution is 2.31. The largest absolute Gasteiger partial charge is 0.294 e. The Balaban J connectivity index is 3.37. The molecule has 0 atom stereocenters. The summed E-state index contributed by atoms with van der Waals surface area (Å²) in [5, 5.41) is 9.87. The summed E-state index contributed by atoms with van der Waals surface area (Å²) in [7, 11) is 0. The average Bonchev–Trinajstić information content (AvgIpc) is 1.96. The van der Waals surface area contributed by atoms with Crippen molar-refractivity contribution >= 4 is 40.5 Å². The van der Waals surface area contributed by atoms with Crippen molar-refractivity contribution in [1.29, 1.82) is 0 Å². The topological polar surface area (TPSA) is 56.0 Å². The van der Waals surface area contributed by atoms with Gasteiger partial charge in [-0.15, -0.1) is 0 Å². The molecule has 1 aromatic heterocycles. The Bertz CT molecular complexity index is 342. The predicted molar refractivity (Wildman–Crippen MR) is 45.9 cm³/mol. The number of pyridine rings is 1. The average molecular weight is 227 g/mol. The van der Waals surface area contributed by atoms with Crippen LogP contribution in [0.4, 0.5) is 5.69 Å². The van der Waals surface area contributed by atoms with Crippen LogP contribution >= 0.6 is 34.8 Å². The van der Waals surface area contributed by atoms with Gasteiger partial charge < -0.3 is 0 Å². The van der Waals surface area contributed by atoms with Crippen LogP contribution in [0.2, 0.25) is 15.3 Å². The third-order valence-corrected chi connectivity index (χ3v) is 2.00. The Kier molecular flexibility index (Phi) is 2.72. The molecule has 12 heavy (non-hydrogen) atoms. The van der Waals surface area contributed by atoms with Gasteiger partial charge in [-0.2, -0.15) is 0 Å². The number of halogens is 3. The number of nitrogens with zero attached hydrogens (tertiary/aromatic N) is 2. The van der Waals surface area contributed by atoms with E-state index < -0.39 is 4.92 Å². The van der Waals surface area contributed by atoms with Crippen LogP contribution in [-0.2, 0) is 0 Å². The maximum atomic E-state index is 10.3. The van der Waals surface area contributed by atoms with E-state index in [-0.39, 0.29) is 21.0 Å². The first kappa shape index (κ1) is 9.51. The van der Waals surface area contributed by atoms with Gasteiger partial charge in [0.2, 0.25) is 0 Å². The molecule has 0 saturated carbocycles. The summed E-state index contributed by atoms with van der Waals surface area (Å²) in [5.74, 6) is 0. The number of nitro groups is 1. The Morgan fingerprint density at radius 1 is 1.42 bits per heavy atom. The molecule has 0 fully saturated rings. The molecule has 0 amide bonds. The Hall–Kier alpha value is -0.580. The van der Waals surface area contributed by atoms with Gasteiger partial charge in [-0.1, -0.05) is 34.8 Å². The molecule has 0 radical (unpaired) electrons. The molecule has 4 nitrogen and oxygen atoms in total. The van der Waals surface area contributed by atoms with Gasteiger partial charge in [-0.3, -0.25) is 10.1 Å². The van der Waals surface area contributed by atoms with Crippen molar-refractivity contribution in [2.24, 2.45) is 0 Å². The van der Waals surface area contributed by atoms with Gasteiger partial charge in [0.25, 0.3) is 5.69 Å². The highest BCUT2D eigenvalue weighted by molar-refractivity contribution is 6.43. The van der Waals surface area contributed by atoms with E-state index >= 15 is 0 Å². The summed E-state index contributed by atoms with van der Waals surface area (Å²) < 4.78 is 0. The number of hydrogen-bond donors (Lipinski definition) is 0. The van der Waals surface area contributed by atoms with E-state index in [4.69, 9.17) is 34.8 Å². The second kappa shape index (κ2) is 3.43. The number of aromatic nitrogens is 1. The highest BCUT2D eigenvalue weighted by atomic mass is 35.5. The predicted octanol–water partition coefficient (Wildman–Crippen LogP) is 2.95. The Labute approximate surface area is 82.2 Å². The maximum absolute atomic E-state index is 10.3. The monoisotopic (exact) mass is 226 g/mol. The molecular weight excluding hydrogens is 226 g/mol. The zero-order valence-electron chi connectivity index (χ0n) is 5.42. The van der Waals surface area contributed by atoms with E-state index in [0.717, 1.165) is 6.07 Å². The van der Waals surface area contributed by atoms with Crippen LogP contribution in [0.1, 0.15) is 0 Å². The number of hydrogen-bond acceptors (Lipinski definition) is 3. The van der Waals surface area contributed by atoms with E-state index in [1.165, 1.54) is 0 Å². The van der Waals surface area contributed by atoms with Gasteiger partial charge in [0, 0.05) is 0 Å². The van der Waals surface area contributed by atoms with Crippen LogP contribution in [0.25, 0.3) is 0 Å². The molecule has 0 aromatic carbocycles. The van der Waals surface area contributed by atoms with Crippen LogP contribution in [-0.4, -0.2) is 9.91 Å². The highest BCUT2D eigenvalue weighted by Gasteiger charge is 2.17. The van der Waals surface area contributed by atoms with E-state index in [9.17, 15) is 10.1 Å². The summed E-state index contributed by atoms with van der Waals surface area (Å²) in [6.07, 6.45) is 0. The maximum Gasteiger partial charge on any atom is 0.294 e. The lowest BCUT2D eigenvalue weighted by Gasteiger charge is -1.96. The fourth-order valence-electron chi connectivity index (χ4n) is 0.590. The second-order valence-electron chi connectivity index (χ2n) is 1.83. The first-order valence-corrected chi connectivity index (χ1v) is 3.81. The van der Waals surface area contributed by atoms with Crippen molar-refractivity contribution in [1.82, 2.24) is 4.98 Å². The minimum absolute atomic E-state index is 0.0592. The summed E-state index contributed by atoms with van der Waals surface area (Å²) in [6.45, 7) is 0. The Morgan fingerprint density at radius 3 is 2.50 bits per heavy atom. The fraction of sp³-hybridized carbons (Fsp3) is 0.